The summed E-state index contributed by atoms with van der Waals surface area (Å²) >= 11 is 1.70. The second-order valence-corrected chi connectivity index (χ2v) is 9.29. The van der Waals surface area contributed by atoms with Crippen molar-refractivity contribution in [2.45, 2.75) is 36.3 Å². The predicted molar refractivity (Wildman–Crippen MR) is 122 cm³/mol. The molecule has 1 aromatic carbocycles. The monoisotopic (exact) mass is 441 g/mol. The largest absolute Gasteiger partial charge is 0.459 e. The van der Waals surface area contributed by atoms with E-state index in [0.717, 1.165) is 44.6 Å². The minimum Gasteiger partial charge on any atom is -0.459 e. The predicted octanol–water partition coefficient (Wildman–Crippen LogP) is 3.73. The molecule has 2 amide bonds. The number of hydrogen-bond acceptors (Lipinski definition) is 5. The average Bonchev–Trinajstić information content (AvgIpc) is 3.10. The fraction of sp³-hybridized carbons (Fsp3) is 0.500. The number of likely N-dealkylation sites (tertiary alicyclic amines) is 1. The van der Waals surface area contributed by atoms with Crippen LogP contribution in [0.5, 0.6) is 0 Å². The Labute approximate surface area is 188 Å². The van der Waals surface area contributed by atoms with Crippen molar-refractivity contribution in [3.63, 3.8) is 0 Å². The van der Waals surface area contributed by atoms with Gasteiger partial charge in [-0.2, -0.15) is 0 Å². The summed E-state index contributed by atoms with van der Waals surface area (Å²) in [4.78, 5) is 32.9. The highest BCUT2D eigenvalue weighted by atomic mass is 32.2. The summed E-state index contributed by atoms with van der Waals surface area (Å²) in [5.74, 6) is 1.32. The minimum atomic E-state index is -0.0489. The van der Waals surface area contributed by atoms with Crippen LogP contribution in [0.25, 0.3) is 0 Å². The number of furan rings is 1. The summed E-state index contributed by atoms with van der Waals surface area (Å²) in [5, 5.41) is 0. The van der Waals surface area contributed by atoms with Gasteiger partial charge < -0.3 is 14.2 Å². The first-order chi connectivity index (χ1) is 15.2. The lowest BCUT2D eigenvalue weighted by molar-refractivity contribution is -0.132. The molecule has 0 saturated carbocycles. The second kappa shape index (κ2) is 10.9. The molecule has 2 aromatic rings. The highest BCUT2D eigenvalue weighted by Gasteiger charge is 2.27. The molecule has 0 aliphatic carbocycles. The molecule has 4 rings (SSSR count). The van der Waals surface area contributed by atoms with Gasteiger partial charge in [-0.05, 0) is 31.0 Å². The van der Waals surface area contributed by atoms with Gasteiger partial charge in [-0.3, -0.25) is 14.5 Å². The van der Waals surface area contributed by atoms with Crippen molar-refractivity contribution in [3.8, 4) is 0 Å². The lowest BCUT2D eigenvalue weighted by atomic mass is 10.2. The molecule has 2 saturated heterocycles. The maximum Gasteiger partial charge on any atom is 0.289 e. The van der Waals surface area contributed by atoms with Gasteiger partial charge >= 0.3 is 0 Å². The van der Waals surface area contributed by atoms with Crippen molar-refractivity contribution in [3.05, 3.63) is 54.0 Å². The Bertz CT molecular complexity index is 854. The number of rotatable bonds is 6. The zero-order valence-corrected chi connectivity index (χ0v) is 18.8. The molecule has 6 nitrogen and oxygen atoms in total. The maximum atomic E-state index is 13.0. The number of carbonyl (C=O) groups is 2. The van der Waals surface area contributed by atoms with Crippen LogP contribution < -0.4 is 0 Å². The summed E-state index contributed by atoms with van der Waals surface area (Å²) in [6, 6.07) is 12.1. The molecule has 3 heterocycles. The normalized spacial score (nSPS) is 18.1. The topological polar surface area (TPSA) is 57.0 Å². The van der Waals surface area contributed by atoms with E-state index >= 15 is 0 Å². The first-order valence-electron chi connectivity index (χ1n) is 11.2. The fourth-order valence-corrected chi connectivity index (χ4v) is 5.08. The van der Waals surface area contributed by atoms with Gasteiger partial charge in [0.25, 0.3) is 5.91 Å². The SMILES string of the molecule is O=C(CN1CCN(C(=O)c2occc2CSc2ccccc2)CC1)N1CCCCCC1. The van der Waals surface area contributed by atoms with E-state index in [0.29, 0.717) is 31.1 Å². The van der Waals surface area contributed by atoms with Crippen LogP contribution in [0.2, 0.25) is 0 Å². The van der Waals surface area contributed by atoms with Crippen LogP contribution in [0.3, 0.4) is 0 Å². The molecule has 2 aliphatic rings. The smallest absolute Gasteiger partial charge is 0.289 e. The van der Waals surface area contributed by atoms with Crippen molar-refractivity contribution in [1.82, 2.24) is 14.7 Å². The second-order valence-electron chi connectivity index (χ2n) is 8.24. The van der Waals surface area contributed by atoms with E-state index in [1.54, 1.807) is 18.0 Å². The molecule has 7 heteroatoms. The number of thioether (sulfide) groups is 1. The Balaban J connectivity index is 1.27. The molecule has 0 bridgehead atoms. The fourth-order valence-electron chi connectivity index (χ4n) is 4.18. The molecule has 2 fully saturated rings. The van der Waals surface area contributed by atoms with Crippen molar-refractivity contribution in [1.29, 1.82) is 0 Å². The van der Waals surface area contributed by atoms with Gasteiger partial charge in [0.05, 0.1) is 12.8 Å². The van der Waals surface area contributed by atoms with Crippen molar-refractivity contribution >= 4 is 23.6 Å². The molecule has 31 heavy (non-hydrogen) atoms. The summed E-state index contributed by atoms with van der Waals surface area (Å²) in [5.41, 5.74) is 0.928. The number of amides is 2. The van der Waals surface area contributed by atoms with E-state index in [1.807, 2.05) is 34.1 Å². The highest BCUT2D eigenvalue weighted by molar-refractivity contribution is 7.98. The standard InChI is InChI=1S/C24H31N3O3S/c28-22(26-11-6-1-2-7-12-26)18-25-13-15-27(16-14-25)24(29)23-20(10-17-30-23)19-31-21-8-4-3-5-9-21/h3-5,8-10,17H,1-2,6-7,11-16,18-19H2. The van der Waals surface area contributed by atoms with Crippen molar-refractivity contribution in [2.24, 2.45) is 0 Å². The summed E-state index contributed by atoms with van der Waals surface area (Å²) in [6.07, 6.45) is 6.28. The van der Waals surface area contributed by atoms with Crippen molar-refractivity contribution < 1.29 is 14.0 Å². The molecule has 166 valence electrons. The molecular weight excluding hydrogens is 410 g/mol. The zero-order valence-electron chi connectivity index (χ0n) is 18.0. The van der Waals surface area contributed by atoms with Crippen LogP contribution >= 0.6 is 11.8 Å². The van der Waals surface area contributed by atoms with E-state index in [2.05, 4.69) is 17.0 Å². The van der Waals surface area contributed by atoms with Gasteiger partial charge in [0, 0.05) is 55.5 Å². The van der Waals surface area contributed by atoms with E-state index in [1.165, 1.54) is 17.7 Å². The summed E-state index contributed by atoms with van der Waals surface area (Å²) in [7, 11) is 0. The first-order valence-corrected chi connectivity index (χ1v) is 12.2. The third-order valence-electron chi connectivity index (χ3n) is 6.06. The van der Waals surface area contributed by atoms with Crippen LogP contribution in [0, 0.1) is 0 Å². The number of nitrogens with zero attached hydrogens (tertiary/aromatic N) is 3. The van der Waals surface area contributed by atoms with Crippen LogP contribution in [0.4, 0.5) is 0 Å². The third kappa shape index (κ3) is 5.92. The third-order valence-corrected chi connectivity index (χ3v) is 7.12. The molecular formula is C24H31N3O3S. The molecule has 0 atom stereocenters. The van der Waals surface area contributed by atoms with Crippen molar-refractivity contribution in [2.75, 3.05) is 45.8 Å². The molecule has 0 spiro atoms. The summed E-state index contributed by atoms with van der Waals surface area (Å²) in [6.45, 7) is 4.93. The van der Waals surface area contributed by atoms with Crippen LogP contribution in [0.1, 0.15) is 41.8 Å². The molecule has 2 aliphatic heterocycles. The Morgan fingerprint density at radius 3 is 2.26 bits per heavy atom. The average molecular weight is 442 g/mol. The van der Waals surface area contributed by atoms with E-state index in [4.69, 9.17) is 4.42 Å². The lowest BCUT2D eigenvalue weighted by Crippen LogP contribution is -2.51. The first kappa shape index (κ1) is 22.0. The van der Waals surface area contributed by atoms with Crippen LogP contribution in [-0.4, -0.2) is 72.3 Å². The Hall–Kier alpha value is -2.25. The highest BCUT2D eigenvalue weighted by Crippen LogP contribution is 2.25. The number of hydrogen-bond donors (Lipinski definition) is 0. The lowest BCUT2D eigenvalue weighted by Gasteiger charge is -2.35. The maximum absolute atomic E-state index is 13.0. The van der Waals surface area contributed by atoms with Gasteiger partial charge in [0.2, 0.25) is 5.91 Å². The summed E-state index contributed by atoms with van der Waals surface area (Å²) < 4.78 is 5.57. The van der Waals surface area contributed by atoms with E-state index in [9.17, 15) is 9.59 Å². The zero-order chi connectivity index (χ0) is 21.5. The number of benzene rings is 1. The van der Waals surface area contributed by atoms with Gasteiger partial charge in [0.15, 0.2) is 5.76 Å². The Morgan fingerprint density at radius 1 is 0.839 bits per heavy atom. The Kier molecular flexibility index (Phi) is 7.70. The minimum absolute atomic E-state index is 0.0489. The van der Waals surface area contributed by atoms with E-state index < -0.39 is 0 Å². The van der Waals surface area contributed by atoms with Gasteiger partial charge in [0.1, 0.15) is 0 Å². The molecule has 0 unspecified atom stereocenters. The van der Waals surface area contributed by atoms with E-state index in [-0.39, 0.29) is 11.8 Å². The Morgan fingerprint density at radius 2 is 1.55 bits per heavy atom. The van der Waals surface area contributed by atoms with Gasteiger partial charge in [-0.25, -0.2) is 0 Å². The van der Waals surface area contributed by atoms with Crippen LogP contribution in [0.15, 0.2) is 52.0 Å². The molecule has 0 radical (unpaired) electrons. The molecule has 1 aromatic heterocycles. The van der Waals surface area contributed by atoms with Gasteiger partial charge in [-0.1, -0.05) is 31.0 Å². The number of carbonyl (C=O) groups excluding carboxylic acids is 2. The number of piperazine rings is 1. The molecule has 0 N–H and O–H groups in total. The van der Waals surface area contributed by atoms with Gasteiger partial charge in [-0.15, -0.1) is 11.8 Å². The van der Waals surface area contributed by atoms with Crippen LogP contribution in [-0.2, 0) is 10.5 Å². The quantitative estimate of drug-likeness (QED) is 0.640.